The van der Waals surface area contributed by atoms with Gasteiger partial charge in [-0.25, -0.2) is 8.78 Å². The van der Waals surface area contributed by atoms with Gasteiger partial charge in [0.05, 0.1) is 24.2 Å². The summed E-state index contributed by atoms with van der Waals surface area (Å²) in [6, 6.07) is 3.39. The number of carbonyl (C=O) groups excluding carboxylic acids is 2. The topological polar surface area (TPSA) is 88.1 Å². The van der Waals surface area contributed by atoms with Crippen LogP contribution >= 0.6 is 0 Å². The summed E-state index contributed by atoms with van der Waals surface area (Å²) in [7, 11) is 0. The second kappa shape index (κ2) is 11.2. The lowest BCUT2D eigenvalue weighted by molar-refractivity contribution is -0.195. The Kier molecular flexibility index (Phi) is 7.77. The molecule has 1 aromatic carbocycles. The molecular formula is C40H56F2N2O5. The second-order valence-corrected chi connectivity index (χ2v) is 18.6. The van der Waals surface area contributed by atoms with Crippen molar-refractivity contribution in [2.45, 2.75) is 124 Å². The maximum atomic E-state index is 14.0. The molecule has 2 heterocycles. The number of rotatable bonds is 6. The zero-order valence-corrected chi connectivity index (χ0v) is 30.2. The lowest BCUT2D eigenvalue weighted by Crippen LogP contribution is -2.60. The summed E-state index contributed by atoms with van der Waals surface area (Å²) in [6.45, 7) is 15.2. The fraction of sp³-hybridized carbons (Fsp3) is 0.800. The highest BCUT2D eigenvalue weighted by Crippen LogP contribution is 2.89. The fourth-order valence-electron chi connectivity index (χ4n) is 13.9. The van der Waals surface area contributed by atoms with E-state index >= 15 is 0 Å². The Balaban J connectivity index is 1.02. The first-order chi connectivity index (χ1) is 23.1. The third kappa shape index (κ3) is 4.65. The van der Waals surface area contributed by atoms with Gasteiger partial charge in [-0.15, -0.1) is 0 Å². The van der Waals surface area contributed by atoms with Crippen LogP contribution in [0.5, 0.6) is 0 Å². The van der Waals surface area contributed by atoms with Gasteiger partial charge in [0.15, 0.2) is 0 Å². The van der Waals surface area contributed by atoms with Crippen molar-refractivity contribution in [3.63, 3.8) is 0 Å². The van der Waals surface area contributed by atoms with E-state index < -0.39 is 17.7 Å². The lowest BCUT2D eigenvalue weighted by atomic mass is 9.41. The van der Waals surface area contributed by atoms with Crippen molar-refractivity contribution in [1.82, 2.24) is 10.2 Å². The number of halogens is 2. The molecule has 9 heteroatoms. The van der Waals surface area contributed by atoms with Gasteiger partial charge in [-0.1, -0.05) is 34.6 Å². The summed E-state index contributed by atoms with van der Waals surface area (Å²) in [6.07, 6.45) is 7.18. The summed E-state index contributed by atoms with van der Waals surface area (Å²) >= 11 is 0. The molecule has 2 N–H and O–H groups in total. The SMILES string of the molecule is CC(=O)N(Cc1cc(F)cc(F)c1)CC1C[C@@H](C)[C@H]2C(O1)[C@H](O)[C@@]1(C)C3CC[C@H]4C(C)(C)C(OC(=O)C5CNC5)CCC45CC35CCC21C. The second-order valence-electron chi connectivity index (χ2n) is 18.6. The minimum absolute atomic E-state index is 0.00852. The summed E-state index contributed by atoms with van der Waals surface area (Å²) in [5, 5.41) is 15.8. The molecule has 2 spiro atoms. The highest BCUT2D eigenvalue weighted by Gasteiger charge is 2.84. The molecule has 0 aromatic heterocycles. The van der Waals surface area contributed by atoms with Crippen LogP contribution < -0.4 is 5.32 Å². The number of esters is 1. The Morgan fingerprint density at radius 1 is 1.00 bits per heavy atom. The first-order valence-corrected chi connectivity index (χ1v) is 19.0. The van der Waals surface area contributed by atoms with Gasteiger partial charge in [-0.2, -0.15) is 0 Å². The summed E-state index contributed by atoms with van der Waals surface area (Å²) in [5.74, 6) is -0.133. The monoisotopic (exact) mass is 682 g/mol. The maximum absolute atomic E-state index is 14.0. The summed E-state index contributed by atoms with van der Waals surface area (Å²) in [4.78, 5) is 27.3. The predicted octanol–water partition coefficient (Wildman–Crippen LogP) is 6.26. The molecule has 270 valence electrons. The summed E-state index contributed by atoms with van der Waals surface area (Å²) < 4.78 is 41.1. The quantitative estimate of drug-likeness (QED) is 0.345. The van der Waals surface area contributed by atoms with Crippen molar-refractivity contribution in [3.05, 3.63) is 35.4 Å². The van der Waals surface area contributed by atoms with Crippen molar-refractivity contribution in [2.75, 3.05) is 19.6 Å². The van der Waals surface area contributed by atoms with Gasteiger partial charge in [0, 0.05) is 50.0 Å². The molecule has 2 aliphatic heterocycles. The van der Waals surface area contributed by atoms with Crippen molar-refractivity contribution < 1.29 is 33.0 Å². The standard InChI is InChI=1S/C40H56F2N2O5/c1-22-13-28(20-44(23(2)45)19-24-14-26(41)16-27(42)15-24)48-33-32(22)37(5)11-12-40-21-39(40)10-9-31(49-35(47)25-17-43-18-25)36(3,4)29(39)7-8-30(40)38(37,6)34(33)46/h14-16,22,25,28-34,43,46H,7-13,17-21H2,1-6H3/t22-,28?,29+,30?,31?,32+,33?,34+,37?,38-,39?,40?/m1/s1. The average Bonchev–Trinajstić information content (AvgIpc) is 3.61. The Labute approximate surface area is 290 Å². The van der Waals surface area contributed by atoms with Crippen LogP contribution in [0, 0.1) is 68.3 Å². The van der Waals surface area contributed by atoms with Crippen molar-refractivity contribution in [3.8, 4) is 0 Å². The molecular weight excluding hydrogens is 626 g/mol. The highest BCUT2D eigenvalue weighted by molar-refractivity contribution is 5.74. The van der Waals surface area contributed by atoms with Gasteiger partial charge < -0.3 is 24.8 Å². The van der Waals surface area contributed by atoms with Gasteiger partial charge in [0.2, 0.25) is 5.91 Å². The predicted molar refractivity (Wildman–Crippen MR) is 180 cm³/mol. The smallest absolute Gasteiger partial charge is 0.311 e. The largest absolute Gasteiger partial charge is 0.462 e. The molecule has 49 heavy (non-hydrogen) atoms. The van der Waals surface area contributed by atoms with Gasteiger partial charge in [-0.05, 0) is 109 Å². The molecule has 7 aliphatic rings. The normalized spacial score (nSPS) is 46.2. The van der Waals surface area contributed by atoms with Crippen LogP contribution in [-0.4, -0.2) is 65.9 Å². The van der Waals surface area contributed by atoms with E-state index in [-0.39, 0.29) is 75.6 Å². The zero-order valence-electron chi connectivity index (χ0n) is 30.2. The number of fused-ring (bicyclic) bond motifs is 4. The van der Waals surface area contributed by atoms with Gasteiger partial charge in [0.1, 0.15) is 17.7 Å². The molecule has 0 radical (unpaired) electrons. The molecule has 7 fully saturated rings. The van der Waals surface area contributed by atoms with Gasteiger partial charge >= 0.3 is 5.97 Å². The lowest BCUT2D eigenvalue weighted by Gasteiger charge is -2.63. The van der Waals surface area contributed by atoms with Crippen LogP contribution in [0.15, 0.2) is 18.2 Å². The van der Waals surface area contributed by atoms with Crippen molar-refractivity contribution >= 4 is 11.9 Å². The number of hydrogen-bond acceptors (Lipinski definition) is 6. The van der Waals surface area contributed by atoms with E-state index in [2.05, 4.69) is 39.9 Å². The van der Waals surface area contributed by atoms with Crippen LogP contribution in [0.4, 0.5) is 8.78 Å². The van der Waals surface area contributed by atoms with E-state index in [0.29, 0.717) is 29.9 Å². The highest BCUT2D eigenvalue weighted by atomic mass is 19.1. The number of ether oxygens (including phenoxy) is 2. The maximum Gasteiger partial charge on any atom is 0.311 e. The number of hydrogen-bond donors (Lipinski definition) is 2. The number of nitrogens with zero attached hydrogens (tertiary/aromatic N) is 1. The summed E-state index contributed by atoms with van der Waals surface area (Å²) in [5.41, 5.74) is 0.387. The molecule has 1 aromatic rings. The first-order valence-electron chi connectivity index (χ1n) is 19.0. The Hall–Kier alpha value is -2.10. The Morgan fingerprint density at radius 3 is 2.33 bits per heavy atom. The van der Waals surface area contributed by atoms with Crippen molar-refractivity contribution in [2.24, 2.45) is 56.7 Å². The number of amides is 1. The van der Waals surface area contributed by atoms with Crippen LogP contribution in [0.2, 0.25) is 0 Å². The molecule has 5 aliphatic carbocycles. The first kappa shape index (κ1) is 34.0. The molecule has 1 amide bonds. The number of aliphatic hydroxyl groups excluding tert-OH is 1. The molecule has 2 saturated heterocycles. The third-order valence-corrected chi connectivity index (χ3v) is 16.4. The van der Waals surface area contributed by atoms with E-state index in [9.17, 15) is 23.5 Å². The Morgan fingerprint density at radius 2 is 1.67 bits per heavy atom. The molecule has 7 unspecified atom stereocenters. The third-order valence-electron chi connectivity index (χ3n) is 16.4. The molecule has 5 saturated carbocycles. The van der Waals surface area contributed by atoms with E-state index in [1.54, 1.807) is 4.90 Å². The van der Waals surface area contributed by atoms with Gasteiger partial charge in [0.25, 0.3) is 0 Å². The number of benzene rings is 1. The molecule has 12 atom stereocenters. The van der Waals surface area contributed by atoms with Crippen LogP contribution in [0.25, 0.3) is 0 Å². The minimum atomic E-state index is -0.659. The number of aliphatic hydroxyl groups is 1. The van der Waals surface area contributed by atoms with E-state index in [1.807, 2.05) is 0 Å². The molecule has 0 bridgehead atoms. The van der Waals surface area contributed by atoms with E-state index in [1.165, 1.54) is 31.9 Å². The molecule has 7 nitrogen and oxygen atoms in total. The average molecular weight is 683 g/mol. The van der Waals surface area contributed by atoms with E-state index in [0.717, 1.165) is 57.7 Å². The Bertz CT molecular complexity index is 1510. The zero-order chi connectivity index (χ0) is 34.9. The van der Waals surface area contributed by atoms with Crippen LogP contribution in [0.3, 0.4) is 0 Å². The molecule has 8 rings (SSSR count). The minimum Gasteiger partial charge on any atom is -0.462 e. The number of nitrogens with one attached hydrogen (secondary N) is 1. The van der Waals surface area contributed by atoms with E-state index in [4.69, 9.17) is 9.47 Å². The van der Waals surface area contributed by atoms with Crippen LogP contribution in [0.1, 0.15) is 98.5 Å². The van der Waals surface area contributed by atoms with Gasteiger partial charge in [-0.3, -0.25) is 9.59 Å². The van der Waals surface area contributed by atoms with Crippen molar-refractivity contribution in [1.29, 1.82) is 0 Å². The number of carbonyl (C=O) groups is 2. The fourth-order valence-corrected chi connectivity index (χ4v) is 13.9. The van der Waals surface area contributed by atoms with Crippen LogP contribution in [-0.2, 0) is 25.6 Å².